The van der Waals surface area contributed by atoms with Crippen molar-refractivity contribution in [3.63, 3.8) is 0 Å². The van der Waals surface area contributed by atoms with Crippen LogP contribution in [-0.4, -0.2) is 45.7 Å². The summed E-state index contributed by atoms with van der Waals surface area (Å²) in [7, 11) is 1.63. The zero-order valence-electron chi connectivity index (χ0n) is 14.8. The Hall–Kier alpha value is -2.34. The van der Waals surface area contributed by atoms with E-state index in [-0.39, 0.29) is 5.92 Å². The number of ether oxygens (including phenoxy) is 1. The molecule has 0 saturated carbocycles. The highest BCUT2D eigenvalue weighted by Gasteiger charge is 2.40. The van der Waals surface area contributed by atoms with Crippen LogP contribution in [0.15, 0.2) is 36.7 Å². The largest absolute Gasteiger partial charge is 0.496 e. The second-order valence-electron chi connectivity index (χ2n) is 6.52. The molecule has 134 valence electrons. The van der Waals surface area contributed by atoms with Gasteiger partial charge in [-0.2, -0.15) is 0 Å². The van der Waals surface area contributed by atoms with E-state index in [1.54, 1.807) is 7.11 Å². The SMILES string of the molecule is CCCn1ccnc1CN1C[C@H](C(=O)O)[C@@H](c2ccccc2OC)C1. The molecule has 3 rings (SSSR count). The monoisotopic (exact) mass is 343 g/mol. The number of aromatic nitrogens is 2. The molecule has 1 N–H and O–H groups in total. The molecule has 6 nitrogen and oxygen atoms in total. The van der Waals surface area contributed by atoms with E-state index in [4.69, 9.17) is 4.74 Å². The topological polar surface area (TPSA) is 67.6 Å². The minimum atomic E-state index is -0.754. The number of hydrogen-bond acceptors (Lipinski definition) is 4. The van der Waals surface area contributed by atoms with E-state index in [0.717, 1.165) is 30.1 Å². The lowest BCUT2D eigenvalue weighted by atomic mass is 9.88. The number of benzene rings is 1. The van der Waals surface area contributed by atoms with Crippen LogP contribution in [0.4, 0.5) is 0 Å². The smallest absolute Gasteiger partial charge is 0.308 e. The van der Waals surface area contributed by atoms with Crippen LogP contribution in [0, 0.1) is 5.92 Å². The van der Waals surface area contributed by atoms with E-state index in [0.29, 0.717) is 19.6 Å². The van der Waals surface area contributed by atoms with Crippen molar-refractivity contribution in [2.75, 3.05) is 20.2 Å². The Labute approximate surface area is 148 Å². The lowest BCUT2D eigenvalue weighted by Gasteiger charge is -2.18. The highest BCUT2D eigenvalue weighted by molar-refractivity contribution is 5.72. The molecule has 0 bridgehead atoms. The van der Waals surface area contributed by atoms with Gasteiger partial charge in [-0.1, -0.05) is 25.1 Å². The van der Waals surface area contributed by atoms with Crippen LogP contribution in [0.2, 0.25) is 0 Å². The van der Waals surface area contributed by atoms with Crippen molar-refractivity contribution >= 4 is 5.97 Å². The summed E-state index contributed by atoms with van der Waals surface area (Å²) in [5.74, 6) is 0.476. The van der Waals surface area contributed by atoms with Crippen molar-refractivity contribution in [1.29, 1.82) is 0 Å². The standard InChI is InChI=1S/C19H25N3O3/c1-3-9-22-10-8-20-18(22)13-21-11-15(16(12-21)19(23)24)14-6-4-5-7-17(14)25-2/h4-8,10,15-16H,3,9,11-13H2,1-2H3,(H,23,24)/t15-,16+/m1/s1. The van der Waals surface area contributed by atoms with Crippen molar-refractivity contribution in [1.82, 2.24) is 14.5 Å². The van der Waals surface area contributed by atoms with Gasteiger partial charge in [0.05, 0.1) is 19.6 Å². The number of likely N-dealkylation sites (tertiary alicyclic amines) is 1. The summed E-state index contributed by atoms with van der Waals surface area (Å²) in [6.45, 7) is 4.95. The maximum Gasteiger partial charge on any atom is 0.308 e. The molecule has 0 unspecified atom stereocenters. The minimum absolute atomic E-state index is 0.0803. The molecule has 1 saturated heterocycles. The molecule has 1 aromatic heterocycles. The van der Waals surface area contributed by atoms with Gasteiger partial charge in [0.2, 0.25) is 0 Å². The third kappa shape index (κ3) is 3.69. The van der Waals surface area contributed by atoms with Crippen molar-refractivity contribution in [2.24, 2.45) is 5.92 Å². The number of carbonyl (C=O) groups is 1. The lowest BCUT2D eigenvalue weighted by molar-refractivity contribution is -0.141. The van der Waals surface area contributed by atoms with Gasteiger partial charge >= 0.3 is 5.97 Å². The van der Waals surface area contributed by atoms with Crippen LogP contribution in [0.5, 0.6) is 5.75 Å². The number of methoxy groups -OCH3 is 1. The summed E-state index contributed by atoms with van der Waals surface area (Å²) in [5.41, 5.74) is 0.969. The number of carboxylic acids is 1. The Morgan fingerprint density at radius 2 is 2.16 bits per heavy atom. The lowest BCUT2D eigenvalue weighted by Crippen LogP contribution is -2.24. The molecule has 2 heterocycles. The van der Waals surface area contributed by atoms with Crippen molar-refractivity contribution in [3.05, 3.63) is 48.0 Å². The molecule has 0 amide bonds. The molecule has 2 aromatic rings. The molecule has 1 aromatic carbocycles. The van der Waals surface area contributed by atoms with Gasteiger partial charge in [-0.25, -0.2) is 4.98 Å². The van der Waals surface area contributed by atoms with Gasteiger partial charge in [-0.3, -0.25) is 9.69 Å². The first-order valence-corrected chi connectivity index (χ1v) is 8.72. The first-order valence-electron chi connectivity index (χ1n) is 8.72. The Kier molecular flexibility index (Phi) is 5.38. The van der Waals surface area contributed by atoms with Gasteiger partial charge < -0.3 is 14.4 Å². The van der Waals surface area contributed by atoms with Gasteiger partial charge in [0, 0.05) is 37.9 Å². The molecular formula is C19H25N3O3. The Balaban J connectivity index is 1.81. The van der Waals surface area contributed by atoms with E-state index < -0.39 is 11.9 Å². The number of rotatable bonds is 7. The number of carboxylic acid groups (broad SMARTS) is 1. The van der Waals surface area contributed by atoms with Gasteiger partial charge in [0.15, 0.2) is 0 Å². The molecule has 6 heteroatoms. The van der Waals surface area contributed by atoms with Crippen LogP contribution in [-0.2, 0) is 17.9 Å². The fourth-order valence-electron chi connectivity index (χ4n) is 3.69. The average Bonchev–Trinajstić information content (AvgIpc) is 3.23. The van der Waals surface area contributed by atoms with E-state index >= 15 is 0 Å². The molecule has 1 fully saturated rings. The summed E-state index contributed by atoms with van der Waals surface area (Å²) in [6, 6.07) is 7.71. The van der Waals surface area contributed by atoms with Gasteiger partial charge in [0.25, 0.3) is 0 Å². The summed E-state index contributed by atoms with van der Waals surface area (Å²) < 4.78 is 7.60. The molecule has 25 heavy (non-hydrogen) atoms. The van der Waals surface area contributed by atoms with Crippen LogP contribution in [0.25, 0.3) is 0 Å². The number of hydrogen-bond donors (Lipinski definition) is 1. The van der Waals surface area contributed by atoms with Crippen molar-refractivity contribution in [2.45, 2.75) is 32.4 Å². The molecule has 0 radical (unpaired) electrons. The Morgan fingerprint density at radius 3 is 2.88 bits per heavy atom. The van der Waals surface area contributed by atoms with Crippen LogP contribution in [0.3, 0.4) is 0 Å². The quantitative estimate of drug-likeness (QED) is 0.837. The Morgan fingerprint density at radius 1 is 1.36 bits per heavy atom. The Bertz CT molecular complexity index is 728. The highest BCUT2D eigenvalue weighted by atomic mass is 16.5. The van der Waals surface area contributed by atoms with Gasteiger partial charge in [-0.05, 0) is 18.1 Å². The summed E-state index contributed by atoms with van der Waals surface area (Å²) in [5, 5.41) is 9.70. The second-order valence-corrected chi connectivity index (χ2v) is 6.52. The highest BCUT2D eigenvalue weighted by Crippen LogP contribution is 2.38. The second kappa shape index (κ2) is 7.70. The van der Waals surface area contributed by atoms with E-state index in [1.165, 1.54) is 0 Å². The summed E-state index contributed by atoms with van der Waals surface area (Å²) >= 11 is 0. The first-order chi connectivity index (χ1) is 12.1. The summed E-state index contributed by atoms with van der Waals surface area (Å²) in [4.78, 5) is 18.4. The normalized spacial score (nSPS) is 20.7. The van der Waals surface area contributed by atoms with Crippen LogP contribution < -0.4 is 4.74 Å². The molecule has 0 spiro atoms. The fraction of sp³-hybridized carbons (Fsp3) is 0.474. The number of aryl methyl sites for hydroxylation is 1. The predicted octanol–water partition coefficient (Wildman–Crippen LogP) is 2.60. The third-order valence-electron chi connectivity index (χ3n) is 4.88. The molecule has 0 aliphatic carbocycles. The van der Waals surface area contributed by atoms with Crippen molar-refractivity contribution in [3.8, 4) is 5.75 Å². The zero-order valence-corrected chi connectivity index (χ0v) is 14.8. The van der Waals surface area contributed by atoms with Crippen LogP contribution in [0.1, 0.15) is 30.7 Å². The maximum absolute atomic E-state index is 11.8. The van der Waals surface area contributed by atoms with E-state index in [9.17, 15) is 9.90 Å². The number of aliphatic carboxylic acids is 1. The molecule has 1 aliphatic rings. The average molecular weight is 343 g/mol. The van der Waals surface area contributed by atoms with Gasteiger partial charge in [0.1, 0.15) is 11.6 Å². The zero-order chi connectivity index (χ0) is 17.8. The maximum atomic E-state index is 11.8. The number of nitrogens with zero attached hydrogens (tertiary/aromatic N) is 3. The third-order valence-corrected chi connectivity index (χ3v) is 4.88. The minimum Gasteiger partial charge on any atom is -0.496 e. The van der Waals surface area contributed by atoms with E-state index in [1.807, 2.05) is 36.7 Å². The van der Waals surface area contributed by atoms with Crippen molar-refractivity contribution < 1.29 is 14.6 Å². The predicted molar refractivity (Wildman–Crippen MR) is 94.7 cm³/mol. The fourth-order valence-corrected chi connectivity index (χ4v) is 3.69. The van der Waals surface area contributed by atoms with Gasteiger partial charge in [-0.15, -0.1) is 0 Å². The first kappa shape index (κ1) is 17.5. The molecular weight excluding hydrogens is 318 g/mol. The number of imidazole rings is 1. The summed E-state index contributed by atoms with van der Waals surface area (Å²) in [6.07, 6.45) is 4.85. The van der Waals surface area contributed by atoms with E-state index in [2.05, 4.69) is 21.4 Å². The molecule has 1 aliphatic heterocycles. The number of para-hydroxylation sites is 1. The molecule has 2 atom stereocenters. The van der Waals surface area contributed by atoms with Crippen LogP contribution >= 0.6 is 0 Å².